The van der Waals surface area contributed by atoms with E-state index in [-0.39, 0.29) is 5.54 Å². The second-order valence-electron chi connectivity index (χ2n) is 5.49. The summed E-state index contributed by atoms with van der Waals surface area (Å²) in [6.07, 6.45) is 7.67. The quantitative estimate of drug-likeness (QED) is 0.724. The Balaban J connectivity index is 2.54. The maximum atomic E-state index is 12.3. The molecule has 1 heterocycles. The zero-order chi connectivity index (χ0) is 12.7. The van der Waals surface area contributed by atoms with Crippen LogP contribution >= 0.6 is 0 Å². The van der Waals surface area contributed by atoms with E-state index in [4.69, 9.17) is 0 Å². The van der Waals surface area contributed by atoms with Crippen LogP contribution in [0.3, 0.4) is 0 Å². The minimum Gasteiger partial charge on any atom is -0.336 e. The van der Waals surface area contributed by atoms with Gasteiger partial charge in [-0.15, -0.1) is 0 Å². The number of piperidine rings is 1. The van der Waals surface area contributed by atoms with Gasteiger partial charge in [-0.3, -0.25) is 4.79 Å². The Morgan fingerprint density at radius 1 is 1.35 bits per heavy atom. The van der Waals surface area contributed by atoms with Crippen molar-refractivity contribution in [2.24, 2.45) is 0 Å². The molecule has 3 nitrogen and oxygen atoms in total. The lowest BCUT2D eigenvalue weighted by Crippen LogP contribution is -2.57. The van der Waals surface area contributed by atoms with Crippen LogP contribution in [0, 0.1) is 0 Å². The molecule has 1 atom stereocenters. The third-order valence-corrected chi connectivity index (χ3v) is 3.85. The molecule has 0 aromatic rings. The van der Waals surface area contributed by atoms with Crippen molar-refractivity contribution in [1.82, 2.24) is 10.2 Å². The summed E-state index contributed by atoms with van der Waals surface area (Å²) in [5.41, 5.74) is 0.0380. The molecule has 1 unspecified atom stereocenters. The summed E-state index contributed by atoms with van der Waals surface area (Å²) in [7, 11) is 1.97. The molecule has 1 rings (SSSR count). The summed E-state index contributed by atoms with van der Waals surface area (Å²) in [5.74, 6) is 0.357. The molecule has 1 N–H and O–H groups in total. The number of nitrogens with one attached hydrogen (secondary N) is 1. The van der Waals surface area contributed by atoms with Crippen molar-refractivity contribution in [3.8, 4) is 0 Å². The van der Waals surface area contributed by atoms with Crippen LogP contribution in [0.4, 0.5) is 0 Å². The van der Waals surface area contributed by atoms with Gasteiger partial charge >= 0.3 is 0 Å². The fourth-order valence-corrected chi connectivity index (χ4v) is 2.83. The van der Waals surface area contributed by atoms with E-state index in [9.17, 15) is 4.79 Å². The minimum absolute atomic E-state index is 0.0380. The molecular weight excluding hydrogens is 212 g/mol. The molecule has 0 spiro atoms. The van der Waals surface area contributed by atoms with Crippen molar-refractivity contribution in [3.05, 3.63) is 0 Å². The Hall–Kier alpha value is -0.570. The van der Waals surface area contributed by atoms with Crippen molar-refractivity contribution in [3.63, 3.8) is 0 Å². The zero-order valence-corrected chi connectivity index (χ0v) is 11.7. The number of hydrogen-bond acceptors (Lipinski definition) is 2. The molecule has 100 valence electrons. The monoisotopic (exact) mass is 240 g/mol. The highest BCUT2D eigenvalue weighted by molar-refractivity contribution is 5.77. The summed E-state index contributed by atoms with van der Waals surface area (Å²) in [4.78, 5) is 14.4. The molecule has 3 heteroatoms. The van der Waals surface area contributed by atoms with Crippen LogP contribution in [0.1, 0.15) is 58.8 Å². The lowest BCUT2D eigenvalue weighted by Gasteiger charge is -2.45. The predicted molar refractivity (Wildman–Crippen MR) is 72.0 cm³/mol. The molecule has 0 radical (unpaired) electrons. The van der Waals surface area contributed by atoms with Gasteiger partial charge in [0.2, 0.25) is 5.91 Å². The second-order valence-corrected chi connectivity index (χ2v) is 5.49. The lowest BCUT2D eigenvalue weighted by molar-refractivity contribution is -0.139. The van der Waals surface area contributed by atoms with E-state index < -0.39 is 0 Å². The van der Waals surface area contributed by atoms with Crippen LogP contribution in [0.25, 0.3) is 0 Å². The zero-order valence-electron chi connectivity index (χ0n) is 11.7. The molecule has 1 fully saturated rings. The Labute approximate surface area is 106 Å². The number of carbonyl (C=O) groups excluding carboxylic acids is 1. The fourth-order valence-electron chi connectivity index (χ4n) is 2.83. The van der Waals surface area contributed by atoms with Crippen LogP contribution in [0.5, 0.6) is 0 Å². The number of hydrogen-bond donors (Lipinski definition) is 1. The third-order valence-electron chi connectivity index (χ3n) is 3.85. The van der Waals surface area contributed by atoms with E-state index in [1.54, 1.807) is 0 Å². The summed E-state index contributed by atoms with van der Waals surface area (Å²) in [6.45, 7) is 6.26. The van der Waals surface area contributed by atoms with Gasteiger partial charge in [0, 0.05) is 19.5 Å². The molecule has 0 aromatic carbocycles. The van der Waals surface area contributed by atoms with Crippen molar-refractivity contribution in [1.29, 1.82) is 0 Å². The fraction of sp³-hybridized carbons (Fsp3) is 0.929. The maximum Gasteiger partial charge on any atom is 0.223 e. The SMILES string of the molecule is CCCCCC(=O)N1CCCCC1(C)CNC. The third kappa shape index (κ3) is 3.98. The molecule has 17 heavy (non-hydrogen) atoms. The van der Waals surface area contributed by atoms with Crippen molar-refractivity contribution >= 4 is 5.91 Å². The Morgan fingerprint density at radius 3 is 2.76 bits per heavy atom. The summed E-state index contributed by atoms with van der Waals surface area (Å²) >= 11 is 0. The van der Waals surface area contributed by atoms with E-state index >= 15 is 0 Å². The van der Waals surface area contributed by atoms with Crippen LogP contribution in [0.2, 0.25) is 0 Å². The van der Waals surface area contributed by atoms with E-state index in [1.165, 1.54) is 25.7 Å². The van der Waals surface area contributed by atoms with E-state index in [0.717, 1.165) is 32.4 Å². The molecule has 0 aliphatic carbocycles. The number of likely N-dealkylation sites (tertiary alicyclic amines) is 1. The summed E-state index contributed by atoms with van der Waals surface area (Å²) < 4.78 is 0. The molecule has 1 amide bonds. The van der Waals surface area contributed by atoms with Crippen LogP contribution < -0.4 is 5.32 Å². The van der Waals surface area contributed by atoms with Gasteiger partial charge in [0.15, 0.2) is 0 Å². The standard InChI is InChI=1S/C14H28N2O/c1-4-5-6-9-13(17)16-11-8-7-10-14(16,2)12-15-3/h15H,4-12H2,1-3H3. The van der Waals surface area contributed by atoms with Gasteiger partial charge in [0.25, 0.3) is 0 Å². The van der Waals surface area contributed by atoms with Gasteiger partial charge in [0.1, 0.15) is 0 Å². The van der Waals surface area contributed by atoms with E-state index in [0.29, 0.717) is 5.91 Å². The van der Waals surface area contributed by atoms with Crippen molar-refractivity contribution in [2.75, 3.05) is 20.1 Å². The second kappa shape index (κ2) is 7.00. The van der Waals surface area contributed by atoms with Gasteiger partial charge in [-0.2, -0.15) is 0 Å². The van der Waals surface area contributed by atoms with Gasteiger partial charge < -0.3 is 10.2 Å². The first-order valence-corrected chi connectivity index (χ1v) is 7.09. The van der Waals surface area contributed by atoms with E-state index in [1.807, 2.05) is 7.05 Å². The Kier molecular flexibility index (Phi) is 5.96. The summed E-state index contributed by atoms with van der Waals surface area (Å²) in [6, 6.07) is 0. The predicted octanol–water partition coefficient (Wildman–Crippen LogP) is 2.56. The molecule has 0 saturated carbocycles. The number of unbranched alkanes of at least 4 members (excludes halogenated alkanes) is 2. The molecule has 1 saturated heterocycles. The Bertz CT molecular complexity index is 238. The minimum atomic E-state index is 0.0380. The Morgan fingerprint density at radius 2 is 2.12 bits per heavy atom. The number of rotatable bonds is 6. The molecular formula is C14H28N2O. The van der Waals surface area contributed by atoms with Gasteiger partial charge in [0.05, 0.1) is 5.54 Å². The van der Waals surface area contributed by atoms with Crippen LogP contribution in [-0.4, -0.2) is 36.5 Å². The normalized spacial score (nSPS) is 25.0. The first-order valence-electron chi connectivity index (χ1n) is 7.09. The molecule has 0 bridgehead atoms. The highest BCUT2D eigenvalue weighted by Gasteiger charge is 2.36. The van der Waals surface area contributed by atoms with E-state index in [2.05, 4.69) is 24.1 Å². The molecule has 0 aromatic heterocycles. The number of amides is 1. The average Bonchev–Trinajstić information content (AvgIpc) is 2.29. The van der Waals surface area contributed by atoms with Crippen molar-refractivity contribution < 1.29 is 4.79 Å². The molecule has 1 aliphatic rings. The average molecular weight is 240 g/mol. The molecule has 1 aliphatic heterocycles. The highest BCUT2D eigenvalue weighted by atomic mass is 16.2. The number of carbonyl (C=O) groups is 1. The van der Waals surface area contributed by atoms with Crippen LogP contribution in [-0.2, 0) is 4.79 Å². The number of nitrogens with zero attached hydrogens (tertiary/aromatic N) is 1. The number of likely N-dealkylation sites (N-methyl/N-ethyl adjacent to an activating group) is 1. The maximum absolute atomic E-state index is 12.3. The first-order chi connectivity index (χ1) is 8.14. The van der Waals surface area contributed by atoms with Gasteiger partial charge in [-0.25, -0.2) is 0 Å². The van der Waals surface area contributed by atoms with Crippen molar-refractivity contribution in [2.45, 2.75) is 64.3 Å². The first kappa shape index (κ1) is 14.5. The van der Waals surface area contributed by atoms with Gasteiger partial charge in [-0.1, -0.05) is 19.8 Å². The van der Waals surface area contributed by atoms with Crippen LogP contribution in [0.15, 0.2) is 0 Å². The largest absolute Gasteiger partial charge is 0.336 e. The smallest absolute Gasteiger partial charge is 0.223 e. The topological polar surface area (TPSA) is 32.3 Å². The summed E-state index contributed by atoms with van der Waals surface area (Å²) in [5, 5.41) is 3.24. The lowest BCUT2D eigenvalue weighted by atomic mass is 9.87. The van der Waals surface area contributed by atoms with Gasteiger partial charge in [-0.05, 0) is 39.7 Å². The highest BCUT2D eigenvalue weighted by Crippen LogP contribution is 2.28.